The van der Waals surface area contributed by atoms with Gasteiger partial charge in [0, 0.05) is 11.6 Å². The van der Waals surface area contributed by atoms with Crippen LogP contribution in [0.5, 0.6) is 5.75 Å². The highest BCUT2D eigenvalue weighted by Gasteiger charge is 2.25. The number of ether oxygens (including phenoxy) is 2. The second-order valence-corrected chi connectivity index (χ2v) is 5.46. The molecule has 0 aromatic heterocycles. The standard InChI is InChI=1S/C21H23NO4/c1-3-5-15-19(23)26-20(16-11-7-6-8-12-16)21(24)22-17-13-9-10-14-18(17)25-4-2/h5-15,20H,3-4H2,1-2H3,(H,22,24)/b15-5+. The van der Waals surface area contributed by atoms with E-state index in [-0.39, 0.29) is 0 Å². The van der Waals surface area contributed by atoms with E-state index in [1.807, 2.05) is 26.0 Å². The molecule has 5 nitrogen and oxygen atoms in total. The van der Waals surface area contributed by atoms with Crippen molar-refractivity contribution in [3.63, 3.8) is 0 Å². The van der Waals surface area contributed by atoms with Crippen molar-refractivity contribution in [2.45, 2.75) is 26.4 Å². The van der Waals surface area contributed by atoms with Crippen LogP contribution < -0.4 is 10.1 Å². The number of rotatable bonds is 8. The van der Waals surface area contributed by atoms with Crippen molar-refractivity contribution in [1.82, 2.24) is 0 Å². The monoisotopic (exact) mass is 353 g/mol. The molecule has 0 bridgehead atoms. The third-order valence-electron chi connectivity index (χ3n) is 3.51. The lowest BCUT2D eigenvalue weighted by Crippen LogP contribution is -2.25. The molecule has 136 valence electrons. The Morgan fingerprint density at radius 2 is 1.73 bits per heavy atom. The molecule has 0 radical (unpaired) electrons. The average molecular weight is 353 g/mol. The number of carbonyl (C=O) groups is 2. The Morgan fingerprint density at radius 1 is 1.04 bits per heavy atom. The molecular weight excluding hydrogens is 330 g/mol. The Kier molecular flexibility index (Phi) is 7.43. The average Bonchev–Trinajstić information content (AvgIpc) is 2.66. The molecule has 0 heterocycles. The lowest BCUT2D eigenvalue weighted by atomic mass is 10.1. The van der Waals surface area contributed by atoms with Crippen LogP contribution in [0.15, 0.2) is 66.7 Å². The van der Waals surface area contributed by atoms with E-state index in [0.717, 1.165) is 0 Å². The summed E-state index contributed by atoms with van der Waals surface area (Å²) in [6.45, 7) is 4.26. The molecule has 2 aromatic rings. The van der Waals surface area contributed by atoms with Crippen molar-refractivity contribution in [3.8, 4) is 5.75 Å². The van der Waals surface area contributed by atoms with Gasteiger partial charge in [0.15, 0.2) is 0 Å². The van der Waals surface area contributed by atoms with Gasteiger partial charge in [-0.15, -0.1) is 0 Å². The SMILES string of the molecule is CC/C=C/C(=O)OC(C(=O)Nc1ccccc1OCC)c1ccccc1. The fourth-order valence-corrected chi connectivity index (χ4v) is 2.32. The van der Waals surface area contributed by atoms with Crippen LogP contribution in [0.25, 0.3) is 0 Å². The lowest BCUT2D eigenvalue weighted by molar-refractivity contribution is -0.149. The maximum absolute atomic E-state index is 12.8. The summed E-state index contributed by atoms with van der Waals surface area (Å²) in [6, 6.07) is 16.0. The molecule has 1 amide bonds. The number of esters is 1. The minimum atomic E-state index is -1.06. The van der Waals surface area contributed by atoms with Crippen molar-refractivity contribution >= 4 is 17.6 Å². The van der Waals surface area contributed by atoms with Gasteiger partial charge in [0.1, 0.15) is 5.75 Å². The van der Waals surface area contributed by atoms with Gasteiger partial charge in [-0.25, -0.2) is 4.79 Å². The van der Waals surface area contributed by atoms with Crippen LogP contribution in [-0.4, -0.2) is 18.5 Å². The Bertz CT molecular complexity index is 756. The number of nitrogens with one attached hydrogen (secondary N) is 1. The fraction of sp³-hybridized carbons (Fsp3) is 0.238. The van der Waals surface area contributed by atoms with E-state index < -0.39 is 18.0 Å². The third kappa shape index (κ3) is 5.48. The summed E-state index contributed by atoms with van der Waals surface area (Å²) in [5.74, 6) is -0.442. The largest absolute Gasteiger partial charge is 0.492 e. The van der Waals surface area contributed by atoms with Crippen molar-refractivity contribution in [2.24, 2.45) is 0 Å². The van der Waals surface area contributed by atoms with Gasteiger partial charge in [-0.3, -0.25) is 4.79 Å². The first-order chi connectivity index (χ1) is 12.7. The van der Waals surface area contributed by atoms with Crippen molar-refractivity contribution in [2.75, 3.05) is 11.9 Å². The lowest BCUT2D eigenvalue weighted by Gasteiger charge is -2.18. The highest BCUT2D eigenvalue weighted by atomic mass is 16.5. The van der Waals surface area contributed by atoms with Crippen LogP contribution in [0.2, 0.25) is 0 Å². The molecule has 0 fully saturated rings. The molecule has 5 heteroatoms. The van der Waals surface area contributed by atoms with Gasteiger partial charge in [0.2, 0.25) is 6.10 Å². The highest BCUT2D eigenvalue weighted by molar-refractivity contribution is 5.97. The molecule has 0 aliphatic rings. The summed E-state index contributed by atoms with van der Waals surface area (Å²) in [5.41, 5.74) is 1.12. The van der Waals surface area contributed by atoms with Crippen LogP contribution in [-0.2, 0) is 14.3 Å². The number of allylic oxidation sites excluding steroid dienone is 1. The van der Waals surface area contributed by atoms with Crippen molar-refractivity contribution < 1.29 is 19.1 Å². The van der Waals surface area contributed by atoms with Crippen LogP contribution in [0.1, 0.15) is 31.9 Å². The first-order valence-electron chi connectivity index (χ1n) is 8.60. The van der Waals surface area contributed by atoms with E-state index in [0.29, 0.717) is 30.0 Å². The molecule has 2 rings (SSSR count). The maximum Gasteiger partial charge on any atom is 0.331 e. The highest BCUT2D eigenvalue weighted by Crippen LogP contribution is 2.26. The predicted molar refractivity (Wildman–Crippen MR) is 101 cm³/mol. The first kappa shape index (κ1) is 19.2. The minimum absolute atomic E-state index is 0.443. The molecule has 0 spiro atoms. The predicted octanol–water partition coefficient (Wildman–Crippen LogP) is 4.27. The molecule has 0 saturated carbocycles. The summed E-state index contributed by atoms with van der Waals surface area (Å²) < 4.78 is 10.9. The summed E-state index contributed by atoms with van der Waals surface area (Å²) in [4.78, 5) is 24.8. The normalized spacial score (nSPS) is 11.8. The summed E-state index contributed by atoms with van der Waals surface area (Å²) in [6.07, 6.45) is 2.67. The van der Waals surface area contributed by atoms with Crippen LogP contribution in [0.4, 0.5) is 5.69 Å². The molecule has 0 aliphatic heterocycles. The van der Waals surface area contributed by atoms with Crippen LogP contribution in [0.3, 0.4) is 0 Å². The number of amides is 1. The Balaban J connectivity index is 2.23. The number of hydrogen-bond donors (Lipinski definition) is 1. The van der Waals surface area contributed by atoms with E-state index in [1.54, 1.807) is 48.5 Å². The zero-order valence-electron chi connectivity index (χ0n) is 15.0. The van der Waals surface area contributed by atoms with E-state index in [1.165, 1.54) is 6.08 Å². The first-order valence-corrected chi connectivity index (χ1v) is 8.60. The molecular formula is C21H23NO4. The van der Waals surface area contributed by atoms with Gasteiger partial charge in [-0.2, -0.15) is 0 Å². The quantitative estimate of drug-likeness (QED) is 0.568. The van der Waals surface area contributed by atoms with Crippen molar-refractivity contribution in [3.05, 3.63) is 72.3 Å². The number of anilines is 1. The van der Waals surface area contributed by atoms with Gasteiger partial charge < -0.3 is 14.8 Å². The van der Waals surface area contributed by atoms with E-state index in [4.69, 9.17) is 9.47 Å². The molecule has 2 aromatic carbocycles. The molecule has 1 N–H and O–H groups in total. The minimum Gasteiger partial charge on any atom is -0.492 e. The zero-order valence-corrected chi connectivity index (χ0v) is 15.0. The summed E-state index contributed by atoms with van der Waals surface area (Å²) in [7, 11) is 0. The van der Waals surface area contributed by atoms with Crippen LogP contribution in [0, 0.1) is 0 Å². The van der Waals surface area contributed by atoms with E-state index in [9.17, 15) is 9.59 Å². The number of para-hydroxylation sites is 2. The van der Waals surface area contributed by atoms with Crippen LogP contribution >= 0.6 is 0 Å². The van der Waals surface area contributed by atoms with E-state index >= 15 is 0 Å². The molecule has 1 unspecified atom stereocenters. The smallest absolute Gasteiger partial charge is 0.331 e. The molecule has 0 aliphatic carbocycles. The Hall–Kier alpha value is -3.08. The fourth-order valence-electron chi connectivity index (χ4n) is 2.32. The van der Waals surface area contributed by atoms with Crippen molar-refractivity contribution in [1.29, 1.82) is 0 Å². The number of carbonyl (C=O) groups excluding carboxylic acids is 2. The Morgan fingerprint density at radius 3 is 2.42 bits per heavy atom. The van der Waals surface area contributed by atoms with Gasteiger partial charge in [-0.1, -0.05) is 55.5 Å². The number of hydrogen-bond acceptors (Lipinski definition) is 4. The summed E-state index contributed by atoms with van der Waals surface area (Å²) in [5, 5.41) is 2.79. The summed E-state index contributed by atoms with van der Waals surface area (Å²) >= 11 is 0. The van der Waals surface area contributed by atoms with E-state index in [2.05, 4.69) is 5.32 Å². The van der Waals surface area contributed by atoms with Gasteiger partial charge in [0.25, 0.3) is 5.91 Å². The number of benzene rings is 2. The second kappa shape index (κ2) is 10.0. The molecule has 1 atom stereocenters. The maximum atomic E-state index is 12.8. The molecule has 0 saturated heterocycles. The second-order valence-electron chi connectivity index (χ2n) is 5.46. The third-order valence-corrected chi connectivity index (χ3v) is 3.51. The Labute approximate surface area is 153 Å². The topological polar surface area (TPSA) is 64.6 Å². The molecule has 26 heavy (non-hydrogen) atoms. The zero-order chi connectivity index (χ0) is 18.8. The van der Waals surface area contributed by atoms with Gasteiger partial charge in [0.05, 0.1) is 12.3 Å². The van der Waals surface area contributed by atoms with Gasteiger partial charge in [-0.05, 0) is 25.5 Å². The van der Waals surface area contributed by atoms with Gasteiger partial charge >= 0.3 is 5.97 Å².